The average Bonchev–Trinajstić information content (AvgIpc) is 2.29. The number of piperidine rings is 1. The van der Waals surface area contributed by atoms with Crippen LogP contribution in [-0.4, -0.2) is 28.8 Å². The van der Waals surface area contributed by atoms with Crippen molar-refractivity contribution in [2.45, 2.75) is 18.4 Å². The van der Waals surface area contributed by atoms with Gasteiger partial charge in [-0.1, -0.05) is 18.2 Å². The van der Waals surface area contributed by atoms with E-state index in [0.717, 1.165) is 31.5 Å². The number of pyridine rings is 1. The Morgan fingerprint density at radius 3 is 2.87 bits per heavy atom. The number of aromatic nitrogens is 1. The van der Waals surface area contributed by atoms with Crippen molar-refractivity contribution in [2.24, 2.45) is 0 Å². The molecule has 2 N–H and O–H groups in total. The van der Waals surface area contributed by atoms with Crippen molar-refractivity contribution in [2.75, 3.05) is 13.1 Å². The standard InChI is InChI=1S/C12H16N2O/c15-12(5-8-13-9-6-12)4-3-11-2-1-7-14-10-11/h1-4,7,10,13,15H,5-6,8-9H2. The Bertz CT molecular complexity index is 329. The molecule has 1 fully saturated rings. The van der Waals surface area contributed by atoms with Crippen molar-refractivity contribution in [3.8, 4) is 0 Å². The minimum absolute atomic E-state index is 0.638. The van der Waals surface area contributed by atoms with Crippen molar-refractivity contribution in [3.05, 3.63) is 36.2 Å². The molecule has 1 aromatic rings. The Morgan fingerprint density at radius 2 is 2.20 bits per heavy atom. The van der Waals surface area contributed by atoms with Crippen LogP contribution in [0.5, 0.6) is 0 Å². The molecule has 0 bridgehead atoms. The van der Waals surface area contributed by atoms with Gasteiger partial charge in [0, 0.05) is 12.4 Å². The number of nitrogens with zero attached hydrogens (tertiary/aromatic N) is 1. The fourth-order valence-corrected chi connectivity index (χ4v) is 1.75. The highest BCUT2D eigenvalue weighted by atomic mass is 16.3. The van der Waals surface area contributed by atoms with Crippen molar-refractivity contribution in [1.29, 1.82) is 0 Å². The largest absolute Gasteiger partial charge is 0.386 e. The van der Waals surface area contributed by atoms with E-state index in [4.69, 9.17) is 0 Å². The van der Waals surface area contributed by atoms with Gasteiger partial charge in [0.2, 0.25) is 0 Å². The second-order valence-electron chi connectivity index (χ2n) is 3.97. The predicted molar refractivity (Wildman–Crippen MR) is 60.3 cm³/mol. The summed E-state index contributed by atoms with van der Waals surface area (Å²) in [4.78, 5) is 4.03. The molecular formula is C12H16N2O. The van der Waals surface area contributed by atoms with Gasteiger partial charge in [-0.15, -0.1) is 0 Å². The van der Waals surface area contributed by atoms with Gasteiger partial charge in [-0.25, -0.2) is 0 Å². The lowest BCUT2D eigenvalue weighted by Crippen LogP contribution is -2.40. The maximum Gasteiger partial charge on any atom is 0.0855 e. The van der Waals surface area contributed by atoms with Crippen LogP contribution in [0.4, 0.5) is 0 Å². The van der Waals surface area contributed by atoms with Crippen LogP contribution in [0.15, 0.2) is 30.6 Å². The van der Waals surface area contributed by atoms with Gasteiger partial charge in [0.1, 0.15) is 0 Å². The molecule has 2 rings (SSSR count). The smallest absolute Gasteiger partial charge is 0.0855 e. The Morgan fingerprint density at radius 1 is 1.40 bits per heavy atom. The fraction of sp³-hybridized carbons (Fsp3) is 0.417. The van der Waals surface area contributed by atoms with Crippen LogP contribution >= 0.6 is 0 Å². The molecule has 80 valence electrons. The molecule has 1 aromatic heterocycles. The van der Waals surface area contributed by atoms with Crippen molar-refractivity contribution in [3.63, 3.8) is 0 Å². The predicted octanol–water partition coefficient (Wildman–Crippen LogP) is 1.21. The van der Waals surface area contributed by atoms with Crippen LogP contribution in [0.2, 0.25) is 0 Å². The van der Waals surface area contributed by atoms with Crippen LogP contribution in [0.25, 0.3) is 6.08 Å². The lowest BCUT2D eigenvalue weighted by molar-refractivity contribution is 0.0590. The first-order valence-electron chi connectivity index (χ1n) is 5.31. The summed E-state index contributed by atoms with van der Waals surface area (Å²) in [5.74, 6) is 0. The minimum Gasteiger partial charge on any atom is -0.386 e. The fourth-order valence-electron chi connectivity index (χ4n) is 1.75. The molecule has 2 heterocycles. The summed E-state index contributed by atoms with van der Waals surface area (Å²) in [6, 6.07) is 3.88. The number of nitrogens with one attached hydrogen (secondary N) is 1. The lowest BCUT2D eigenvalue weighted by Gasteiger charge is -2.29. The topological polar surface area (TPSA) is 45.2 Å². The third-order valence-corrected chi connectivity index (χ3v) is 2.74. The molecule has 1 aliphatic heterocycles. The van der Waals surface area contributed by atoms with Crippen molar-refractivity contribution >= 4 is 6.08 Å². The van der Waals surface area contributed by atoms with Gasteiger partial charge in [-0.05, 0) is 37.6 Å². The van der Waals surface area contributed by atoms with E-state index < -0.39 is 5.60 Å². The molecule has 3 nitrogen and oxygen atoms in total. The summed E-state index contributed by atoms with van der Waals surface area (Å²) in [5, 5.41) is 13.4. The van der Waals surface area contributed by atoms with Crippen LogP contribution in [-0.2, 0) is 0 Å². The zero-order valence-corrected chi connectivity index (χ0v) is 8.69. The third kappa shape index (κ3) is 2.88. The summed E-state index contributed by atoms with van der Waals surface area (Å²) >= 11 is 0. The van der Waals surface area contributed by atoms with Crippen LogP contribution in [0, 0.1) is 0 Å². The molecule has 0 unspecified atom stereocenters. The number of rotatable bonds is 2. The van der Waals surface area contributed by atoms with E-state index in [2.05, 4.69) is 10.3 Å². The second kappa shape index (κ2) is 4.55. The SMILES string of the molecule is OC1(C=Cc2cccnc2)CCNCC1. The first kappa shape index (κ1) is 10.3. The summed E-state index contributed by atoms with van der Waals surface area (Å²) in [5.41, 5.74) is 0.394. The van der Waals surface area contributed by atoms with Crippen LogP contribution < -0.4 is 5.32 Å². The molecule has 1 aliphatic rings. The molecule has 0 atom stereocenters. The van der Waals surface area contributed by atoms with E-state index in [-0.39, 0.29) is 0 Å². The zero-order valence-electron chi connectivity index (χ0n) is 8.69. The molecule has 0 aromatic carbocycles. The summed E-state index contributed by atoms with van der Waals surface area (Å²) < 4.78 is 0. The van der Waals surface area contributed by atoms with Gasteiger partial charge >= 0.3 is 0 Å². The zero-order chi connectivity index (χ0) is 10.6. The highest BCUT2D eigenvalue weighted by Crippen LogP contribution is 2.20. The van der Waals surface area contributed by atoms with E-state index >= 15 is 0 Å². The number of aliphatic hydroxyl groups is 1. The van der Waals surface area contributed by atoms with Crippen LogP contribution in [0.3, 0.4) is 0 Å². The molecule has 3 heteroatoms. The monoisotopic (exact) mass is 204 g/mol. The van der Waals surface area contributed by atoms with Crippen LogP contribution in [0.1, 0.15) is 18.4 Å². The number of hydrogen-bond acceptors (Lipinski definition) is 3. The van der Waals surface area contributed by atoms with E-state index in [1.54, 1.807) is 12.4 Å². The highest BCUT2D eigenvalue weighted by Gasteiger charge is 2.25. The molecule has 1 saturated heterocycles. The van der Waals surface area contributed by atoms with Crippen molar-refractivity contribution < 1.29 is 5.11 Å². The molecule has 0 saturated carbocycles. The van der Waals surface area contributed by atoms with E-state index in [9.17, 15) is 5.11 Å². The molecular weight excluding hydrogens is 188 g/mol. The van der Waals surface area contributed by atoms with E-state index in [1.165, 1.54) is 0 Å². The minimum atomic E-state index is -0.638. The van der Waals surface area contributed by atoms with E-state index in [0.29, 0.717) is 0 Å². The second-order valence-corrected chi connectivity index (χ2v) is 3.97. The molecule has 0 aliphatic carbocycles. The number of hydrogen-bond donors (Lipinski definition) is 2. The van der Waals surface area contributed by atoms with Gasteiger partial charge in [0.25, 0.3) is 0 Å². The molecule has 0 radical (unpaired) electrons. The van der Waals surface area contributed by atoms with Crippen molar-refractivity contribution in [1.82, 2.24) is 10.3 Å². The van der Waals surface area contributed by atoms with Gasteiger partial charge in [-0.2, -0.15) is 0 Å². The molecule has 0 amide bonds. The Labute approximate surface area is 89.9 Å². The quantitative estimate of drug-likeness (QED) is 0.761. The van der Waals surface area contributed by atoms with E-state index in [1.807, 2.05) is 24.3 Å². The maximum absolute atomic E-state index is 10.2. The Kier molecular flexibility index (Phi) is 3.14. The summed E-state index contributed by atoms with van der Waals surface area (Å²) in [7, 11) is 0. The third-order valence-electron chi connectivity index (χ3n) is 2.74. The normalized spacial score (nSPS) is 20.6. The first-order valence-corrected chi connectivity index (χ1v) is 5.31. The van der Waals surface area contributed by atoms with Gasteiger partial charge in [0.15, 0.2) is 0 Å². The first-order chi connectivity index (χ1) is 7.29. The average molecular weight is 204 g/mol. The molecule has 15 heavy (non-hydrogen) atoms. The van der Waals surface area contributed by atoms with Gasteiger partial charge in [-0.3, -0.25) is 4.98 Å². The van der Waals surface area contributed by atoms with Gasteiger partial charge < -0.3 is 10.4 Å². The summed E-state index contributed by atoms with van der Waals surface area (Å²) in [6.07, 6.45) is 8.94. The lowest BCUT2D eigenvalue weighted by atomic mass is 9.91. The highest BCUT2D eigenvalue weighted by molar-refractivity contribution is 5.49. The maximum atomic E-state index is 10.2. The summed E-state index contributed by atoms with van der Waals surface area (Å²) in [6.45, 7) is 1.77. The van der Waals surface area contributed by atoms with Gasteiger partial charge in [0.05, 0.1) is 5.60 Å². The Hall–Kier alpha value is -1.19. The Balaban J connectivity index is 2.04. The molecule has 0 spiro atoms.